The molecule has 120 valence electrons. The summed E-state index contributed by atoms with van der Waals surface area (Å²) in [5, 5.41) is 0. The molecular formula is C19H22N2O2. The van der Waals surface area contributed by atoms with Crippen LogP contribution in [0, 0.1) is 0 Å². The average Bonchev–Trinajstić information content (AvgIpc) is 2.87. The molecule has 0 aromatic heterocycles. The molecule has 2 atom stereocenters. The Balaban J connectivity index is 1.75. The lowest BCUT2D eigenvalue weighted by Crippen LogP contribution is -2.40. The molecule has 0 amide bonds. The van der Waals surface area contributed by atoms with Crippen LogP contribution in [0.4, 0.5) is 0 Å². The summed E-state index contributed by atoms with van der Waals surface area (Å²) >= 11 is 0. The highest BCUT2D eigenvalue weighted by atomic mass is 16.5. The van der Waals surface area contributed by atoms with Gasteiger partial charge in [-0.2, -0.15) is 0 Å². The van der Waals surface area contributed by atoms with Crippen molar-refractivity contribution in [1.82, 2.24) is 0 Å². The molecule has 4 N–H and O–H groups in total. The van der Waals surface area contributed by atoms with Crippen LogP contribution in [0.25, 0.3) is 11.1 Å². The molecule has 1 aliphatic rings. The Bertz CT molecular complexity index is 667. The molecule has 4 heteroatoms. The van der Waals surface area contributed by atoms with Crippen LogP contribution in [0.5, 0.6) is 0 Å². The molecule has 0 aliphatic heterocycles. The molecule has 0 saturated carbocycles. The second-order valence-corrected chi connectivity index (χ2v) is 6.14. The Morgan fingerprint density at radius 3 is 2.09 bits per heavy atom. The molecule has 0 fully saturated rings. The zero-order chi connectivity index (χ0) is 16.4. The Hall–Kier alpha value is -2.17. The van der Waals surface area contributed by atoms with E-state index in [1.54, 1.807) is 6.92 Å². The van der Waals surface area contributed by atoms with E-state index in [4.69, 9.17) is 16.2 Å². The Kier molecular flexibility index (Phi) is 4.46. The summed E-state index contributed by atoms with van der Waals surface area (Å²) < 4.78 is 5.49. The summed E-state index contributed by atoms with van der Waals surface area (Å²) in [7, 11) is 0. The third-order valence-electron chi connectivity index (χ3n) is 4.45. The lowest BCUT2D eigenvalue weighted by Gasteiger charge is -2.17. The first kappa shape index (κ1) is 15.7. The predicted octanol–water partition coefficient (Wildman–Crippen LogP) is 2.41. The number of esters is 1. The zero-order valence-electron chi connectivity index (χ0n) is 13.2. The molecular weight excluding hydrogens is 288 g/mol. The number of ether oxygens (including phenoxy) is 1. The van der Waals surface area contributed by atoms with Crippen LogP contribution in [-0.2, 0) is 9.53 Å². The minimum Gasteiger partial charge on any atom is -0.465 e. The van der Waals surface area contributed by atoms with Crippen LogP contribution >= 0.6 is 0 Å². The quantitative estimate of drug-likeness (QED) is 0.831. The van der Waals surface area contributed by atoms with E-state index in [0.717, 1.165) is 0 Å². The highest BCUT2D eigenvalue weighted by molar-refractivity contribution is 5.79. The van der Waals surface area contributed by atoms with Gasteiger partial charge >= 0.3 is 5.97 Å². The normalized spacial score (nSPS) is 15.6. The second kappa shape index (κ2) is 6.52. The molecule has 2 aromatic rings. The second-order valence-electron chi connectivity index (χ2n) is 6.14. The van der Waals surface area contributed by atoms with Crippen LogP contribution in [0.15, 0.2) is 48.5 Å². The van der Waals surface area contributed by atoms with E-state index in [2.05, 4.69) is 24.3 Å². The van der Waals surface area contributed by atoms with Crippen molar-refractivity contribution in [2.24, 2.45) is 11.5 Å². The number of hydrogen-bond acceptors (Lipinski definition) is 4. The molecule has 0 bridgehead atoms. The van der Waals surface area contributed by atoms with Crippen molar-refractivity contribution < 1.29 is 9.53 Å². The molecule has 2 unspecified atom stereocenters. The Morgan fingerprint density at radius 2 is 1.57 bits per heavy atom. The largest absolute Gasteiger partial charge is 0.465 e. The maximum atomic E-state index is 12.0. The third kappa shape index (κ3) is 3.14. The van der Waals surface area contributed by atoms with Crippen LogP contribution in [0.3, 0.4) is 0 Å². The molecule has 0 radical (unpaired) electrons. The van der Waals surface area contributed by atoms with E-state index in [1.807, 2.05) is 24.3 Å². The smallest absolute Gasteiger partial charge is 0.307 e. The number of carbonyl (C=O) groups is 1. The fourth-order valence-corrected chi connectivity index (χ4v) is 3.05. The van der Waals surface area contributed by atoms with Crippen LogP contribution in [0.2, 0.25) is 0 Å². The van der Waals surface area contributed by atoms with Gasteiger partial charge in [-0.25, -0.2) is 0 Å². The maximum Gasteiger partial charge on any atom is 0.307 e. The van der Waals surface area contributed by atoms with E-state index in [0.29, 0.717) is 6.61 Å². The number of nitrogens with two attached hydrogens (primary N) is 2. The van der Waals surface area contributed by atoms with Gasteiger partial charge in [0.25, 0.3) is 0 Å². The van der Waals surface area contributed by atoms with E-state index in [-0.39, 0.29) is 30.4 Å². The van der Waals surface area contributed by atoms with Gasteiger partial charge in [0.2, 0.25) is 0 Å². The number of fused-ring (bicyclic) bond motifs is 3. The van der Waals surface area contributed by atoms with Crippen molar-refractivity contribution in [2.75, 3.05) is 6.61 Å². The molecule has 1 aliphatic carbocycles. The number of hydrogen-bond donors (Lipinski definition) is 2. The fourth-order valence-electron chi connectivity index (χ4n) is 3.05. The third-order valence-corrected chi connectivity index (χ3v) is 4.45. The topological polar surface area (TPSA) is 78.3 Å². The number of rotatable bonds is 5. The van der Waals surface area contributed by atoms with Crippen molar-refractivity contribution in [3.8, 4) is 11.1 Å². The first-order valence-electron chi connectivity index (χ1n) is 7.93. The predicted molar refractivity (Wildman–Crippen MR) is 90.9 cm³/mol. The van der Waals surface area contributed by atoms with Gasteiger partial charge in [-0.1, -0.05) is 48.5 Å². The fraction of sp³-hybridized carbons (Fsp3) is 0.316. The Morgan fingerprint density at radius 1 is 1.04 bits per heavy atom. The van der Waals surface area contributed by atoms with E-state index >= 15 is 0 Å². The summed E-state index contributed by atoms with van der Waals surface area (Å²) in [6.07, 6.45) is 0.147. The van der Waals surface area contributed by atoms with Crippen molar-refractivity contribution in [3.63, 3.8) is 0 Å². The van der Waals surface area contributed by atoms with Gasteiger partial charge in [0.1, 0.15) is 6.61 Å². The van der Waals surface area contributed by atoms with Gasteiger partial charge in [-0.05, 0) is 29.2 Å². The number of carbonyl (C=O) groups excluding carboxylic acids is 1. The lowest BCUT2D eigenvalue weighted by atomic mass is 9.98. The summed E-state index contributed by atoms with van der Waals surface area (Å²) in [6, 6.07) is 15.9. The molecule has 0 saturated heterocycles. The van der Waals surface area contributed by atoms with Crippen molar-refractivity contribution in [3.05, 3.63) is 59.7 Å². The molecule has 4 nitrogen and oxygen atoms in total. The highest BCUT2D eigenvalue weighted by Gasteiger charge is 2.29. The van der Waals surface area contributed by atoms with Crippen molar-refractivity contribution in [1.29, 1.82) is 0 Å². The van der Waals surface area contributed by atoms with E-state index in [1.165, 1.54) is 22.3 Å². The van der Waals surface area contributed by atoms with Crippen molar-refractivity contribution >= 4 is 5.97 Å². The summed E-state index contributed by atoms with van der Waals surface area (Å²) in [6.45, 7) is 2.12. The van der Waals surface area contributed by atoms with Crippen LogP contribution < -0.4 is 11.5 Å². The van der Waals surface area contributed by atoms with Crippen LogP contribution in [-0.4, -0.2) is 24.7 Å². The SMILES string of the molecule is CC(N)C(N)CC(=O)OCC1c2ccccc2-c2ccccc21. The first-order valence-corrected chi connectivity index (χ1v) is 7.93. The van der Waals surface area contributed by atoms with Gasteiger partial charge in [-0.15, -0.1) is 0 Å². The average molecular weight is 310 g/mol. The number of benzene rings is 2. The minimum absolute atomic E-state index is 0.0814. The maximum absolute atomic E-state index is 12.0. The lowest BCUT2D eigenvalue weighted by molar-refractivity contribution is -0.144. The molecule has 23 heavy (non-hydrogen) atoms. The zero-order valence-corrected chi connectivity index (χ0v) is 13.2. The first-order chi connectivity index (χ1) is 11.1. The van der Waals surface area contributed by atoms with E-state index in [9.17, 15) is 4.79 Å². The van der Waals surface area contributed by atoms with Gasteiger partial charge in [0.05, 0.1) is 6.42 Å². The highest BCUT2D eigenvalue weighted by Crippen LogP contribution is 2.44. The summed E-state index contributed by atoms with van der Waals surface area (Å²) in [5.74, 6) is -0.213. The molecule has 3 rings (SSSR count). The standard InChI is InChI=1S/C19H22N2O2/c1-12(20)18(21)10-19(22)23-11-17-15-8-4-2-6-13(15)14-7-3-5-9-16(14)17/h2-9,12,17-18H,10-11,20-21H2,1H3. The van der Waals surface area contributed by atoms with Gasteiger partial charge in [0, 0.05) is 18.0 Å². The van der Waals surface area contributed by atoms with Gasteiger partial charge < -0.3 is 16.2 Å². The van der Waals surface area contributed by atoms with Crippen LogP contribution in [0.1, 0.15) is 30.4 Å². The molecule has 0 heterocycles. The summed E-state index contributed by atoms with van der Waals surface area (Å²) in [4.78, 5) is 12.0. The summed E-state index contributed by atoms with van der Waals surface area (Å²) in [5.41, 5.74) is 16.4. The minimum atomic E-state index is -0.370. The molecule has 0 spiro atoms. The monoisotopic (exact) mass is 310 g/mol. The Labute approximate surface area is 136 Å². The molecule has 2 aromatic carbocycles. The van der Waals surface area contributed by atoms with Gasteiger partial charge in [-0.3, -0.25) is 4.79 Å². The van der Waals surface area contributed by atoms with Gasteiger partial charge in [0.15, 0.2) is 0 Å². The van der Waals surface area contributed by atoms with E-state index < -0.39 is 0 Å². The van der Waals surface area contributed by atoms with Crippen molar-refractivity contribution in [2.45, 2.75) is 31.3 Å².